The number of nitrogens with zero attached hydrogens (tertiary/aromatic N) is 2. The number of carbonyl (C=O) groups excluding carboxylic acids is 2. The van der Waals surface area contributed by atoms with Crippen LogP contribution in [0.2, 0.25) is 0 Å². The number of esters is 1. The monoisotopic (exact) mass is 554 g/mol. The lowest BCUT2D eigenvalue weighted by Gasteiger charge is -2.52. The normalized spacial score (nSPS) is 27.5. The van der Waals surface area contributed by atoms with Crippen LogP contribution in [0.3, 0.4) is 0 Å². The predicted octanol–water partition coefficient (Wildman–Crippen LogP) is 1.74. The maximum absolute atomic E-state index is 14.0. The lowest BCUT2D eigenvalue weighted by molar-refractivity contribution is -0.938. The van der Waals surface area contributed by atoms with Gasteiger partial charge in [-0.1, -0.05) is 66.6 Å². The molecule has 4 heterocycles. The summed E-state index contributed by atoms with van der Waals surface area (Å²) < 4.78 is 7.16. The summed E-state index contributed by atoms with van der Waals surface area (Å²) in [6.45, 7) is 9.15. The Balaban J connectivity index is 0.00000304. The Morgan fingerprint density at radius 3 is 2.25 bits per heavy atom. The molecule has 0 aliphatic carbocycles. The highest BCUT2D eigenvalue weighted by Crippen LogP contribution is 2.39. The van der Waals surface area contributed by atoms with Crippen LogP contribution in [0.1, 0.15) is 60.5 Å². The largest absolute Gasteiger partial charge is 1.00 e. The number of carbonyl (C=O) groups is 2. The molecule has 36 heavy (non-hydrogen) atoms. The quantitative estimate of drug-likeness (QED) is 0.297. The molecule has 4 aliphatic rings. The fourth-order valence-corrected chi connectivity index (χ4v) is 6.50. The summed E-state index contributed by atoms with van der Waals surface area (Å²) in [6, 6.07) is 18.0. The van der Waals surface area contributed by atoms with Gasteiger partial charge in [0.25, 0.3) is 0 Å². The molecule has 2 atom stereocenters. The van der Waals surface area contributed by atoms with Crippen LogP contribution in [0.5, 0.6) is 0 Å². The van der Waals surface area contributed by atoms with Crippen molar-refractivity contribution in [1.82, 2.24) is 4.90 Å². The zero-order valence-electron chi connectivity index (χ0n) is 21.6. The number of quaternary nitrogens is 1. The zero-order chi connectivity index (χ0) is 24.5. The number of aryl methyl sites for hydroxylation is 1. The van der Waals surface area contributed by atoms with Crippen LogP contribution in [0.4, 0.5) is 0 Å². The second kappa shape index (κ2) is 11.2. The average Bonchev–Trinajstić information content (AvgIpc) is 2.90. The molecule has 0 N–H and O–H groups in total. The van der Waals surface area contributed by atoms with E-state index in [1.807, 2.05) is 56.3 Å². The molecule has 0 spiro atoms. The van der Waals surface area contributed by atoms with Crippen molar-refractivity contribution in [2.24, 2.45) is 5.92 Å². The topological polar surface area (TPSA) is 46.6 Å². The number of Topliss-reactive ketones (excluding diaryl/α,β-unsaturated/α-hetero) is 1. The van der Waals surface area contributed by atoms with Crippen LogP contribution in [0.25, 0.3) is 0 Å². The molecule has 0 unspecified atom stereocenters. The van der Waals surface area contributed by atoms with Gasteiger partial charge in [-0.05, 0) is 45.3 Å². The van der Waals surface area contributed by atoms with E-state index in [4.69, 9.17) is 4.74 Å². The van der Waals surface area contributed by atoms with E-state index in [2.05, 4.69) is 17.0 Å². The van der Waals surface area contributed by atoms with Gasteiger partial charge in [0.2, 0.25) is 5.78 Å². The number of hydrogen-bond acceptors (Lipinski definition) is 4. The second-order valence-corrected chi connectivity index (χ2v) is 11.2. The number of piperidine rings is 4. The maximum atomic E-state index is 14.0. The van der Waals surface area contributed by atoms with Crippen molar-refractivity contribution in [3.05, 3.63) is 71.3 Å². The van der Waals surface area contributed by atoms with Crippen LogP contribution in [0.15, 0.2) is 54.6 Å². The Morgan fingerprint density at radius 2 is 1.61 bits per heavy atom. The van der Waals surface area contributed by atoms with Gasteiger partial charge in [-0.15, -0.1) is 0 Å². The molecule has 194 valence electrons. The van der Waals surface area contributed by atoms with Gasteiger partial charge < -0.3 is 26.2 Å². The lowest BCUT2D eigenvalue weighted by Crippen LogP contribution is -3.00. The minimum absolute atomic E-state index is 0. The van der Waals surface area contributed by atoms with Crippen LogP contribution >= 0.6 is 0 Å². The van der Waals surface area contributed by atoms with Crippen LogP contribution < -0.4 is 17.0 Å². The molecule has 4 saturated heterocycles. The second-order valence-electron chi connectivity index (χ2n) is 11.2. The Kier molecular flexibility index (Phi) is 8.38. The molecule has 0 amide bonds. The number of likely N-dealkylation sites (tertiary alicyclic amines) is 1. The van der Waals surface area contributed by atoms with E-state index in [-0.39, 0.29) is 34.8 Å². The van der Waals surface area contributed by atoms with Crippen LogP contribution in [0, 0.1) is 12.8 Å². The number of fused-ring (bicyclic) bond motifs is 3. The van der Waals surface area contributed by atoms with Gasteiger partial charge in [-0.2, -0.15) is 0 Å². The smallest absolute Gasteiger partial charge is 0.331 e. The van der Waals surface area contributed by atoms with Crippen molar-refractivity contribution in [3.8, 4) is 0 Å². The number of ether oxygens (including phenoxy) is 1. The average molecular weight is 556 g/mol. The molecule has 2 aromatic rings. The molecule has 6 rings (SSSR count). The minimum Gasteiger partial charge on any atom is -1.00 e. The molecular weight excluding hydrogens is 516 g/mol. The van der Waals surface area contributed by atoms with Crippen LogP contribution in [-0.4, -0.2) is 66.5 Å². The molecule has 0 radical (unpaired) electrons. The van der Waals surface area contributed by atoms with Crippen molar-refractivity contribution in [3.63, 3.8) is 0 Å². The highest BCUT2D eigenvalue weighted by molar-refractivity contribution is 5.97. The highest BCUT2D eigenvalue weighted by Gasteiger charge is 2.51. The molecule has 0 saturated carbocycles. The first kappa shape index (κ1) is 27.0. The lowest BCUT2D eigenvalue weighted by atomic mass is 9.82. The minimum atomic E-state index is -0.781. The molecule has 6 heteroatoms. The number of benzene rings is 2. The fraction of sp³-hybridized carbons (Fsp3) is 0.533. The zero-order valence-corrected chi connectivity index (χ0v) is 23.2. The molecule has 2 aromatic carbocycles. The summed E-state index contributed by atoms with van der Waals surface area (Å²) >= 11 is 0. The van der Waals surface area contributed by atoms with E-state index in [9.17, 15) is 9.59 Å². The van der Waals surface area contributed by atoms with Gasteiger partial charge in [0.1, 0.15) is 18.6 Å². The summed E-state index contributed by atoms with van der Waals surface area (Å²) in [5.74, 6) is 0.458. The summed E-state index contributed by atoms with van der Waals surface area (Å²) in [5.41, 5.74) is 2.17. The Labute approximate surface area is 226 Å². The standard InChI is InChI=1S/C30H39N2O3.BrH/c1-23-11-13-24(14-12-23)27(33)21-32-19-15-25(16-20-32)28(22-32)35-29(34)30(2,26-9-5-3-6-10-26)31-17-7-4-8-18-31;/h3,5-6,9-14,25,28H,4,7-8,15-22H2,1-2H3;1H/q+1;/p-1/t25?,28-,30-,32?;/m0./s1. The molecule has 0 aromatic heterocycles. The van der Waals surface area contributed by atoms with E-state index < -0.39 is 5.54 Å². The van der Waals surface area contributed by atoms with Gasteiger partial charge in [-0.25, -0.2) is 4.79 Å². The van der Waals surface area contributed by atoms with Gasteiger partial charge in [0.05, 0.1) is 13.1 Å². The first-order chi connectivity index (χ1) is 16.9. The first-order valence-electron chi connectivity index (χ1n) is 13.4. The number of rotatable bonds is 7. The SMILES string of the molecule is Cc1ccc(C(=O)C[N+]23CCC(CC2)[C@@H](OC(=O)[C@](C)(c2ccccc2)N2CCCCC2)C3)cc1.[Br-]. The summed E-state index contributed by atoms with van der Waals surface area (Å²) in [4.78, 5) is 29.4. The van der Waals surface area contributed by atoms with Crippen LogP contribution in [-0.2, 0) is 15.1 Å². The van der Waals surface area contributed by atoms with E-state index >= 15 is 0 Å². The Hall–Kier alpha value is -2.02. The van der Waals surface area contributed by atoms with Gasteiger partial charge in [0.15, 0.2) is 6.10 Å². The van der Waals surface area contributed by atoms with Crippen molar-refractivity contribution in [1.29, 1.82) is 0 Å². The Bertz CT molecular complexity index is 1040. The van der Waals surface area contributed by atoms with E-state index in [0.717, 1.165) is 79.6 Å². The fourth-order valence-electron chi connectivity index (χ4n) is 6.50. The number of hydrogen-bond donors (Lipinski definition) is 0. The van der Waals surface area contributed by atoms with E-state index in [0.29, 0.717) is 12.5 Å². The van der Waals surface area contributed by atoms with Gasteiger partial charge >= 0.3 is 5.97 Å². The summed E-state index contributed by atoms with van der Waals surface area (Å²) in [5, 5.41) is 0. The van der Waals surface area contributed by atoms with E-state index in [1.54, 1.807) is 0 Å². The number of halogens is 1. The third-order valence-corrected chi connectivity index (χ3v) is 8.87. The molecule has 4 aliphatic heterocycles. The molecule has 2 bridgehead atoms. The third-order valence-electron chi connectivity index (χ3n) is 8.87. The molecule has 4 fully saturated rings. The maximum Gasteiger partial charge on any atom is 0.331 e. The predicted molar refractivity (Wildman–Crippen MR) is 137 cm³/mol. The van der Waals surface area contributed by atoms with Gasteiger partial charge in [-0.3, -0.25) is 9.69 Å². The third kappa shape index (κ3) is 5.32. The van der Waals surface area contributed by atoms with Crippen molar-refractivity contribution >= 4 is 11.8 Å². The first-order valence-corrected chi connectivity index (χ1v) is 13.4. The van der Waals surface area contributed by atoms with E-state index in [1.165, 1.54) is 6.42 Å². The van der Waals surface area contributed by atoms with Crippen molar-refractivity contribution < 1.29 is 35.8 Å². The summed E-state index contributed by atoms with van der Waals surface area (Å²) in [7, 11) is 0. The van der Waals surface area contributed by atoms with Crippen molar-refractivity contribution in [2.75, 3.05) is 39.3 Å². The molecular formula is C30H39BrN2O3. The van der Waals surface area contributed by atoms with Gasteiger partial charge in [0, 0.05) is 24.3 Å². The van der Waals surface area contributed by atoms with Crippen molar-refractivity contribution in [2.45, 2.75) is 57.6 Å². The Morgan fingerprint density at radius 1 is 0.972 bits per heavy atom. The highest BCUT2D eigenvalue weighted by atomic mass is 79.9. The summed E-state index contributed by atoms with van der Waals surface area (Å²) in [6.07, 6.45) is 5.36. The molecule has 5 nitrogen and oxygen atoms in total. The number of ketones is 1.